The Balaban J connectivity index is 1.77. The minimum Gasteiger partial charge on any atom is -0.306 e. The van der Waals surface area contributed by atoms with Crippen molar-refractivity contribution < 1.29 is 4.39 Å². The van der Waals surface area contributed by atoms with Crippen LogP contribution in [0.2, 0.25) is 0 Å². The Morgan fingerprint density at radius 3 is 2.76 bits per heavy atom. The summed E-state index contributed by atoms with van der Waals surface area (Å²) in [5.41, 5.74) is 3.11. The van der Waals surface area contributed by atoms with E-state index in [9.17, 15) is 4.39 Å². The van der Waals surface area contributed by atoms with Crippen LogP contribution < -0.4 is 5.32 Å². The van der Waals surface area contributed by atoms with Crippen LogP contribution in [0.3, 0.4) is 0 Å². The summed E-state index contributed by atoms with van der Waals surface area (Å²) in [6.45, 7) is 2.74. The SMILES string of the molecule is CC(NCc1cccc2cccnc12)c1cccc(F)c1. The molecule has 3 aromatic rings. The van der Waals surface area contributed by atoms with Gasteiger partial charge in [-0.1, -0.05) is 36.4 Å². The van der Waals surface area contributed by atoms with Crippen molar-refractivity contribution in [3.63, 3.8) is 0 Å². The summed E-state index contributed by atoms with van der Waals surface area (Å²) in [6, 6.07) is 16.9. The summed E-state index contributed by atoms with van der Waals surface area (Å²) in [4.78, 5) is 4.45. The number of pyridine rings is 1. The van der Waals surface area contributed by atoms with E-state index in [2.05, 4.69) is 28.5 Å². The van der Waals surface area contributed by atoms with E-state index in [1.807, 2.05) is 31.3 Å². The highest BCUT2D eigenvalue weighted by Crippen LogP contribution is 2.18. The Kier molecular flexibility index (Phi) is 3.93. The molecule has 2 aromatic carbocycles. The molecular formula is C18H17FN2. The van der Waals surface area contributed by atoms with E-state index in [-0.39, 0.29) is 11.9 Å². The molecule has 1 unspecified atom stereocenters. The molecule has 0 aliphatic rings. The molecule has 21 heavy (non-hydrogen) atoms. The van der Waals surface area contributed by atoms with Crippen LogP contribution in [-0.4, -0.2) is 4.98 Å². The number of hydrogen-bond donors (Lipinski definition) is 1. The van der Waals surface area contributed by atoms with Crippen molar-refractivity contribution >= 4 is 10.9 Å². The number of hydrogen-bond acceptors (Lipinski definition) is 2. The number of benzene rings is 2. The van der Waals surface area contributed by atoms with E-state index < -0.39 is 0 Å². The highest BCUT2D eigenvalue weighted by molar-refractivity contribution is 5.81. The van der Waals surface area contributed by atoms with Crippen molar-refractivity contribution in [2.24, 2.45) is 0 Å². The van der Waals surface area contributed by atoms with E-state index in [0.29, 0.717) is 6.54 Å². The first kappa shape index (κ1) is 13.7. The summed E-state index contributed by atoms with van der Waals surface area (Å²) in [6.07, 6.45) is 1.81. The maximum atomic E-state index is 13.3. The number of para-hydroxylation sites is 1. The van der Waals surface area contributed by atoms with Gasteiger partial charge in [0.1, 0.15) is 5.82 Å². The lowest BCUT2D eigenvalue weighted by molar-refractivity contribution is 0.566. The third-order valence-corrected chi connectivity index (χ3v) is 3.66. The Hall–Kier alpha value is -2.26. The van der Waals surface area contributed by atoms with Crippen LogP contribution >= 0.6 is 0 Å². The lowest BCUT2D eigenvalue weighted by atomic mass is 10.1. The summed E-state index contributed by atoms with van der Waals surface area (Å²) < 4.78 is 13.3. The molecule has 0 saturated heterocycles. The highest BCUT2D eigenvalue weighted by atomic mass is 19.1. The van der Waals surface area contributed by atoms with Crippen LogP contribution in [-0.2, 0) is 6.54 Å². The van der Waals surface area contributed by atoms with Crippen LogP contribution in [0.4, 0.5) is 4.39 Å². The molecule has 0 bridgehead atoms. The molecule has 1 aromatic heterocycles. The third-order valence-electron chi connectivity index (χ3n) is 3.66. The maximum Gasteiger partial charge on any atom is 0.123 e. The Labute approximate surface area is 123 Å². The number of rotatable bonds is 4. The number of nitrogens with zero attached hydrogens (tertiary/aromatic N) is 1. The van der Waals surface area contributed by atoms with Crippen molar-refractivity contribution in [3.05, 3.63) is 77.7 Å². The fraction of sp³-hybridized carbons (Fsp3) is 0.167. The van der Waals surface area contributed by atoms with Crippen molar-refractivity contribution in [1.29, 1.82) is 0 Å². The average molecular weight is 280 g/mol. The smallest absolute Gasteiger partial charge is 0.123 e. The zero-order valence-corrected chi connectivity index (χ0v) is 11.9. The average Bonchev–Trinajstić information content (AvgIpc) is 2.52. The fourth-order valence-corrected chi connectivity index (χ4v) is 2.47. The second-order valence-electron chi connectivity index (χ2n) is 5.15. The molecule has 0 aliphatic carbocycles. The van der Waals surface area contributed by atoms with Gasteiger partial charge in [0.15, 0.2) is 0 Å². The van der Waals surface area contributed by atoms with Gasteiger partial charge in [0, 0.05) is 24.2 Å². The third kappa shape index (κ3) is 3.09. The van der Waals surface area contributed by atoms with E-state index in [0.717, 1.165) is 22.0 Å². The lowest BCUT2D eigenvalue weighted by Crippen LogP contribution is -2.18. The van der Waals surface area contributed by atoms with E-state index in [1.54, 1.807) is 12.1 Å². The van der Waals surface area contributed by atoms with Gasteiger partial charge in [-0.25, -0.2) is 4.39 Å². The topological polar surface area (TPSA) is 24.9 Å². The Morgan fingerprint density at radius 2 is 1.90 bits per heavy atom. The number of fused-ring (bicyclic) bond motifs is 1. The molecular weight excluding hydrogens is 263 g/mol. The van der Waals surface area contributed by atoms with E-state index in [4.69, 9.17) is 0 Å². The van der Waals surface area contributed by atoms with Crippen molar-refractivity contribution in [2.75, 3.05) is 0 Å². The summed E-state index contributed by atoms with van der Waals surface area (Å²) in [5.74, 6) is -0.201. The van der Waals surface area contributed by atoms with Crippen LogP contribution in [0, 0.1) is 5.82 Å². The van der Waals surface area contributed by atoms with Crippen LogP contribution in [0.5, 0.6) is 0 Å². The Bertz CT molecular complexity index is 750. The predicted molar refractivity (Wildman–Crippen MR) is 83.4 cm³/mol. The Morgan fingerprint density at radius 1 is 1.10 bits per heavy atom. The molecule has 0 aliphatic heterocycles. The molecule has 3 rings (SSSR count). The fourth-order valence-electron chi connectivity index (χ4n) is 2.47. The summed E-state index contributed by atoms with van der Waals surface area (Å²) in [5, 5.41) is 4.56. The molecule has 106 valence electrons. The molecule has 0 fully saturated rings. The van der Waals surface area contributed by atoms with E-state index in [1.165, 1.54) is 6.07 Å². The number of halogens is 1. The molecule has 3 heteroatoms. The summed E-state index contributed by atoms with van der Waals surface area (Å²) >= 11 is 0. The van der Waals surface area contributed by atoms with Crippen LogP contribution in [0.15, 0.2) is 60.8 Å². The molecule has 1 atom stereocenters. The molecule has 1 heterocycles. The number of aromatic nitrogens is 1. The molecule has 0 saturated carbocycles. The molecule has 0 radical (unpaired) electrons. The van der Waals surface area contributed by atoms with Gasteiger partial charge in [-0.2, -0.15) is 0 Å². The van der Waals surface area contributed by atoms with Crippen molar-refractivity contribution in [2.45, 2.75) is 19.5 Å². The molecule has 1 N–H and O–H groups in total. The molecule has 0 amide bonds. The van der Waals surface area contributed by atoms with Gasteiger partial charge in [-0.3, -0.25) is 4.98 Å². The van der Waals surface area contributed by atoms with Gasteiger partial charge in [0.2, 0.25) is 0 Å². The number of nitrogens with one attached hydrogen (secondary N) is 1. The second kappa shape index (κ2) is 6.02. The minimum absolute atomic E-state index is 0.0830. The van der Waals surface area contributed by atoms with Crippen LogP contribution in [0.25, 0.3) is 10.9 Å². The first-order valence-electron chi connectivity index (χ1n) is 7.05. The predicted octanol–water partition coefficient (Wildman–Crippen LogP) is 4.22. The quantitative estimate of drug-likeness (QED) is 0.773. The van der Waals surface area contributed by atoms with Gasteiger partial charge < -0.3 is 5.32 Å². The highest BCUT2D eigenvalue weighted by Gasteiger charge is 2.07. The van der Waals surface area contributed by atoms with Crippen molar-refractivity contribution in [3.8, 4) is 0 Å². The largest absolute Gasteiger partial charge is 0.306 e. The second-order valence-corrected chi connectivity index (χ2v) is 5.15. The molecule has 0 spiro atoms. The maximum absolute atomic E-state index is 13.3. The van der Waals surface area contributed by atoms with Gasteiger partial charge in [0.25, 0.3) is 0 Å². The zero-order chi connectivity index (χ0) is 14.7. The minimum atomic E-state index is -0.201. The van der Waals surface area contributed by atoms with Gasteiger partial charge in [-0.15, -0.1) is 0 Å². The van der Waals surface area contributed by atoms with Gasteiger partial charge >= 0.3 is 0 Å². The summed E-state index contributed by atoms with van der Waals surface area (Å²) in [7, 11) is 0. The van der Waals surface area contributed by atoms with Crippen LogP contribution in [0.1, 0.15) is 24.1 Å². The van der Waals surface area contributed by atoms with Crippen molar-refractivity contribution in [1.82, 2.24) is 10.3 Å². The monoisotopic (exact) mass is 280 g/mol. The van der Waals surface area contributed by atoms with Gasteiger partial charge in [0.05, 0.1) is 5.52 Å². The first-order chi connectivity index (χ1) is 10.2. The van der Waals surface area contributed by atoms with E-state index >= 15 is 0 Å². The zero-order valence-electron chi connectivity index (χ0n) is 11.9. The normalized spacial score (nSPS) is 12.5. The molecule has 2 nitrogen and oxygen atoms in total. The van der Waals surface area contributed by atoms with Gasteiger partial charge in [-0.05, 0) is 36.2 Å². The standard InChI is InChI=1S/C18H17FN2/c1-13(15-6-3-9-17(19)11-15)21-12-16-7-2-5-14-8-4-10-20-18(14)16/h2-11,13,21H,12H2,1H3. The lowest BCUT2D eigenvalue weighted by Gasteiger charge is -2.15. The first-order valence-corrected chi connectivity index (χ1v) is 7.05.